The summed E-state index contributed by atoms with van der Waals surface area (Å²) in [6.07, 6.45) is -13.4. The molecule has 0 saturated carbocycles. The molecule has 0 fully saturated rings. The second kappa shape index (κ2) is 13.5. The molecule has 0 aromatic heterocycles. The van der Waals surface area contributed by atoms with Gasteiger partial charge in [-0.3, -0.25) is 0 Å². The highest BCUT2D eigenvalue weighted by Crippen LogP contribution is 2.37. The zero-order valence-electron chi connectivity index (χ0n) is 22.1. The predicted octanol–water partition coefficient (Wildman–Crippen LogP) is 8.46. The van der Waals surface area contributed by atoms with Crippen molar-refractivity contribution in [1.82, 2.24) is 0 Å². The summed E-state index contributed by atoms with van der Waals surface area (Å²) < 4.78 is 120. The molecule has 3 rings (SSSR count). The number of aromatic hydroxyl groups is 1. The van der Waals surface area contributed by atoms with E-state index in [0.29, 0.717) is 17.2 Å². The van der Waals surface area contributed by atoms with E-state index in [-0.39, 0.29) is 22.8 Å². The fourth-order valence-corrected chi connectivity index (χ4v) is 3.31. The number of phenolic OH excluding ortho intramolecular Hbond substituents is 1. The van der Waals surface area contributed by atoms with Crippen LogP contribution >= 0.6 is 0 Å². The van der Waals surface area contributed by atoms with Crippen LogP contribution < -0.4 is 9.47 Å². The van der Waals surface area contributed by atoms with Crippen LogP contribution in [0.4, 0.5) is 39.5 Å². The molecule has 0 unspecified atom stereocenters. The van der Waals surface area contributed by atoms with Gasteiger partial charge >= 0.3 is 24.5 Å². The molecule has 0 saturated heterocycles. The van der Waals surface area contributed by atoms with E-state index in [1.807, 2.05) is 0 Å². The van der Waals surface area contributed by atoms with Gasteiger partial charge in [0.05, 0.1) is 30.9 Å². The van der Waals surface area contributed by atoms with Gasteiger partial charge in [0.1, 0.15) is 22.8 Å². The number of alkyl halides is 9. The predicted molar refractivity (Wildman–Crippen MR) is 130 cm³/mol. The van der Waals surface area contributed by atoms with Crippen LogP contribution in [0.1, 0.15) is 43.7 Å². The third-order valence-corrected chi connectivity index (χ3v) is 4.99. The topological polar surface area (TPSA) is 76.0 Å². The lowest BCUT2D eigenvalue weighted by Crippen LogP contribution is -2.14. The lowest BCUT2D eigenvalue weighted by molar-refractivity contribution is -0.138. The fraction of sp³-hybridized carbons (Fsp3) is 0.296. The summed E-state index contributed by atoms with van der Waals surface area (Å²) in [6.45, 7) is 4.52. The summed E-state index contributed by atoms with van der Waals surface area (Å²) in [5.74, 6) is -2.08. The van der Waals surface area contributed by atoms with Crippen molar-refractivity contribution >= 4 is 5.97 Å². The third-order valence-electron chi connectivity index (χ3n) is 4.99. The van der Waals surface area contributed by atoms with E-state index in [9.17, 15) is 44.3 Å². The number of hydrogen-bond donors (Lipinski definition) is 2. The molecule has 3 aromatic rings. The van der Waals surface area contributed by atoms with Gasteiger partial charge in [-0.25, -0.2) is 4.79 Å². The molecule has 14 heteroatoms. The summed E-state index contributed by atoms with van der Waals surface area (Å²) in [6, 6.07) is 8.61. The first-order valence-corrected chi connectivity index (χ1v) is 11.2. The number of aryl methyl sites for hydroxylation is 3. The Balaban J connectivity index is 0.000000311. The second-order valence-electron chi connectivity index (χ2n) is 8.48. The summed E-state index contributed by atoms with van der Waals surface area (Å²) in [5, 5.41) is 17.6. The fourth-order valence-electron chi connectivity index (χ4n) is 3.31. The van der Waals surface area contributed by atoms with Crippen LogP contribution in [0.3, 0.4) is 0 Å². The van der Waals surface area contributed by atoms with Crippen LogP contribution in [0.2, 0.25) is 0 Å². The van der Waals surface area contributed by atoms with E-state index in [2.05, 4.69) is 4.74 Å². The standard InChI is InChI=1S/C10H9F3O3.C9H9F3O.C8H7F3O/c1-5-3-6(10(11,12)13)8(9(14)15)7(4-5)16-2;1-6-3-7(9(10,11)12)5-8(4-6)13-2;1-5-2-6(8(9,10)11)4-7(12)3-5/h3-4H,1-2H3,(H,14,15);3-5H,1-2H3;2-4,12H,1H3. The quantitative estimate of drug-likeness (QED) is 0.295. The van der Waals surface area contributed by atoms with Crippen LogP contribution in [0, 0.1) is 20.8 Å². The van der Waals surface area contributed by atoms with Crippen molar-refractivity contribution < 1.29 is 64.0 Å². The van der Waals surface area contributed by atoms with Crippen molar-refractivity contribution in [3.8, 4) is 17.2 Å². The van der Waals surface area contributed by atoms with Crippen molar-refractivity contribution in [3.63, 3.8) is 0 Å². The maximum Gasteiger partial charge on any atom is 0.417 e. The summed E-state index contributed by atoms with van der Waals surface area (Å²) >= 11 is 0. The Hall–Kier alpha value is -4.10. The van der Waals surface area contributed by atoms with Crippen LogP contribution in [-0.2, 0) is 18.5 Å². The highest BCUT2D eigenvalue weighted by Gasteiger charge is 2.37. The number of carboxylic acid groups (broad SMARTS) is 1. The van der Waals surface area contributed by atoms with Gasteiger partial charge in [-0.15, -0.1) is 0 Å². The normalized spacial score (nSPS) is 11.5. The Bertz CT molecular complexity index is 1320. The largest absolute Gasteiger partial charge is 0.508 e. The smallest absolute Gasteiger partial charge is 0.417 e. The SMILES string of the molecule is COc1cc(C)cc(C(F)(F)F)c1.COc1cc(C)cc(C(F)(F)F)c1C(=O)O.Cc1cc(O)cc(C(F)(F)F)c1. The maximum absolute atomic E-state index is 12.6. The van der Waals surface area contributed by atoms with Gasteiger partial charge in [-0.2, -0.15) is 39.5 Å². The molecule has 0 atom stereocenters. The summed E-state index contributed by atoms with van der Waals surface area (Å²) in [4.78, 5) is 10.8. The lowest BCUT2D eigenvalue weighted by atomic mass is 10.0. The number of carboxylic acids is 1. The van der Waals surface area contributed by atoms with Crippen LogP contribution in [0.15, 0.2) is 48.5 Å². The molecule has 0 aliphatic rings. The third kappa shape index (κ3) is 10.8. The second-order valence-corrected chi connectivity index (χ2v) is 8.48. The first-order valence-electron chi connectivity index (χ1n) is 11.2. The molecule has 0 heterocycles. The number of hydrogen-bond acceptors (Lipinski definition) is 4. The van der Waals surface area contributed by atoms with Crippen molar-refractivity contribution in [3.05, 3.63) is 87.5 Å². The van der Waals surface area contributed by atoms with Gasteiger partial charge in [0, 0.05) is 0 Å². The number of benzene rings is 3. The van der Waals surface area contributed by atoms with Crippen molar-refractivity contribution in [2.24, 2.45) is 0 Å². The van der Waals surface area contributed by atoms with Gasteiger partial charge in [-0.05, 0) is 86.0 Å². The average Bonchev–Trinajstić information content (AvgIpc) is 2.81. The monoisotopic (exact) mass is 600 g/mol. The molecule has 3 aromatic carbocycles. The molecular weight excluding hydrogens is 575 g/mol. The number of carbonyl (C=O) groups is 1. The average molecular weight is 600 g/mol. The van der Waals surface area contributed by atoms with Crippen molar-refractivity contribution in [2.75, 3.05) is 14.2 Å². The zero-order valence-corrected chi connectivity index (χ0v) is 22.1. The van der Waals surface area contributed by atoms with E-state index in [0.717, 1.165) is 31.4 Å². The van der Waals surface area contributed by atoms with Gasteiger partial charge in [0.25, 0.3) is 0 Å². The molecule has 0 aliphatic carbocycles. The Morgan fingerprint density at radius 2 is 1.10 bits per heavy atom. The number of methoxy groups -OCH3 is 2. The number of phenols is 1. The van der Waals surface area contributed by atoms with Crippen LogP contribution in [-0.4, -0.2) is 30.4 Å². The van der Waals surface area contributed by atoms with Gasteiger partial charge in [-0.1, -0.05) is 0 Å². The van der Waals surface area contributed by atoms with Crippen molar-refractivity contribution in [2.45, 2.75) is 39.3 Å². The minimum Gasteiger partial charge on any atom is -0.508 e. The number of ether oxygens (including phenoxy) is 2. The molecule has 0 bridgehead atoms. The number of rotatable bonds is 3. The van der Waals surface area contributed by atoms with E-state index in [1.165, 1.54) is 33.1 Å². The molecule has 226 valence electrons. The first-order chi connectivity index (χ1) is 18.6. The molecule has 41 heavy (non-hydrogen) atoms. The Kier molecular flexibility index (Phi) is 11.5. The molecule has 0 aliphatic heterocycles. The van der Waals surface area contributed by atoms with Crippen LogP contribution in [0.25, 0.3) is 0 Å². The van der Waals surface area contributed by atoms with E-state index in [4.69, 9.17) is 14.9 Å². The van der Waals surface area contributed by atoms with Crippen molar-refractivity contribution in [1.29, 1.82) is 0 Å². The molecule has 0 amide bonds. The summed E-state index contributed by atoms with van der Waals surface area (Å²) in [7, 11) is 2.47. The Morgan fingerprint density at radius 1 is 0.634 bits per heavy atom. The zero-order chi connectivity index (χ0) is 31.9. The lowest BCUT2D eigenvalue weighted by Gasteiger charge is -2.14. The molecule has 0 spiro atoms. The van der Waals surface area contributed by atoms with E-state index < -0.39 is 46.8 Å². The van der Waals surface area contributed by atoms with Gasteiger partial charge in [0.2, 0.25) is 0 Å². The van der Waals surface area contributed by atoms with Crippen LogP contribution in [0.5, 0.6) is 17.2 Å². The molecule has 5 nitrogen and oxygen atoms in total. The minimum atomic E-state index is -4.72. The summed E-state index contributed by atoms with van der Waals surface area (Å²) in [5.41, 5.74) is -2.34. The van der Waals surface area contributed by atoms with E-state index >= 15 is 0 Å². The highest BCUT2D eigenvalue weighted by atomic mass is 19.4. The Labute approximate surface area is 228 Å². The van der Waals surface area contributed by atoms with E-state index in [1.54, 1.807) is 13.0 Å². The van der Waals surface area contributed by atoms with Gasteiger partial charge < -0.3 is 19.7 Å². The maximum atomic E-state index is 12.6. The molecular formula is C27H25F9O5. The highest BCUT2D eigenvalue weighted by molar-refractivity contribution is 5.93. The van der Waals surface area contributed by atoms with Gasteiger partial charge in [0.15, 0.2) is 0 Å². The minimum absolute atomic E-state index is 0.229. The first kappa shape index (κ1) is 34.9. The molecule has 2 N–H and O–H groups in total. The number of halogens is 9. The number of aromatic carboxylic acids is 1. The molecule has 0 radical (unpaired) electrons. The Morgan fingerprint density at radius 3 is 1.49 bits per heavy atom.